The summed E-state index contributed by atoms with van der Waals surface area (Å²) in [6.07, 6.45) is 1.37. The zero-order valence-electron chi connectivity index (χ0n) is 12.8. The fraction of sp³-hybridized carbons (Fsp3) is 0.267. The van der Waals surface area contributed by atoms with E-state index < -0.39 is 0 Å². The van der Waals surface area contributed by atoms with E-state index in [1.807, 2.05) is 26.0 Å². The Morgan fingerprint density at radius 2 is 1.82 bits per heavy atom. The van der Waals surface area contributed by atoms with Crippen LogP contribution in [0.1, 0.15) is 20.8 Å². The van der Waals surface area contributed by atoms with Gasteiger partial charge in [-0.1, -0.05) is 0 Å². The lowest BCUT2D eigenvalue weighted by atomic mass is 10.2. The Balaban J connectivity index is 2.15. The number of amides is 1. The third-order valence-corrected chi connectivity index (χ3v) is 2.66. The van der Waals surface area contributed by atoms with Crippen LogP contribution in [0.15, 0.2) is 30.6 Å². The van der Waals surface area contributed by atoms with Crippen LogP contribution in [0.2, 0.25) is 0 Å². The summed E-state index contributed by atoms with van der Waals surface area (Å²) < 4.78 is 5.52. The van der Waals surface area contributed by atoms with Crippen LogP contribution in [0.25, 0.3) is 0 Å². The van der Waals surface area contributed by atoms with Gasteiger partial charge in [0.2, 0.25) is 11.8 Å². The summed E-state index contributed by atoms with van der Waals surface area (Å²) in [7, 11) is 0. The molecule has 0 spiro atoms. The molecule has 0 aliphatic heterocycles. The molecule has 4 N–H and O–H groups in total. The molecule has 1 amide bonds. The monoisotopic (exact) mass is 301 g/mol. The van der Waals surface area contributed by atoms with Crippen LogP contribution < -0.4 is 21.1 Å². The van der Waals surface area contributed by atoms with Crippen LogP contribution in [0.3, 0.4) is 0 Å². The molecule has 0 aliphatic rings. The minimum absolute atomic E-state index is 0.0259. The number of hydrogen-bond donors (Lipinski definition) is 3. The van der Waals surface area contributed by atoms with Crippen LogP contribution in [-0.2, 0) is 4.79 Å². The Labute approximate surface area is 128 Å². The zero-order chi connectivity index (χ0) is 16.1. The molecule has 0 saturated heterocycles. The summed E-state index contributed by atoms with van der Waals surface area (Å²) in [5.74, 6) is 0.705. The Hall–Kier alpha value is -2.83. The van der Waals surface area contributed by atoms with Crippen LogP contribution >= 0.6 is 0 Å². The van der Waals surface area contributed by atoms with Gasteiger partial charge in [-0.15, -0.1) is 0 Å². The van der Waals surface area contributed by atoms with Gasteiger partial charge in [-0.05, 0) is 38.1 Å². The number of ether oxygens (including phenoxy) is 1. The number of hydrogen-bond acceptors (Lipinski definition) is 6. The number of carbonyl (C=O) groups excluding carboxylic acids is 1. The highest BCUT2D eigenvalue weighted by molar-refractivity contribution is 5.88. The van der Waals surface area contributed by atoms with Gasteiger partial charge in [-0.3, -0.25) is 4.79 Å². The minimum atomic E-state index is -0.115. The van der Waals surface area contributed by atoms with E-state index in [0.29, 0.717) is 17.4 Å². The van der Waals surface area contributed by atoms with E-state index in [-0.39, 0.29) is 12.0 Å². The van der Waals surface area contributed by atoms with Crippen molar-refractivity contribution >= 4 is 28.8 Å². The molecule has 0 atom stereocenters. The number of aromatic nitrogens is 2. The quantitative estimate of drug-likeness (QED) is 0.784. The van der Waals surface area contributed by atoms with Gasteiger partial charge in [0, 0.05) is 18.3 Å². The number of anilines is 4. The lowest BCUT2D eigenvalue weighted by Gasteiger charge is -2.14. The average Bonchev–Trinajstić information content (AvgIpc) is 2.44. The summed E-state index contributed by atoms with van der Waals surface area (Å²) in [6, 6.07) is 7.20. The second-order valence-electron chi connectivity index (χ2n) is 4.99. The van der Waals surface area contributed by atoms with Crippen molar-refractivity contribution in [3.63, 3.8) is 0 Å². The van der Waals surface area contributed by atoms with E-state index in [0.717, 1.165) is 11.4 Å². The highest BCUT2D eigenvalue weighted by Crippen LogP contribution is 2.28. The predicted octanol–water partition coefficient (Wildman–Crippen LogP) is 2.55. The maximum absolute atomic E-state index is 11.0. The summed E-state index contributed by atoms with van der Waals surface area (Å²) in [4.78, 5) is 19.1. The first-order chi connectivity index (χ1) is 10.5. The van der Waals surface area contributed by atoms with Crippen LogP contribution in [0, 0.1) is 0 Å². The van der Waals surface area contributed by atoms with Gasteiger partial charge in [-0.25, -0.2) is 4.98 Å². The second kappa shape index (κ2) is 6.75. The van der Waals surface area contributed by atoms with Crippen LogP contribution in [-0.4, -0.2) is 22.0 Å². The summed E-state index contributed by atoms with van der Waals surface area (Å²) >= 11 is 0. The summed E-state index contributed by atoms with van der Waals surface area (Å²) in [6.45, 7) is 5.26. The molecule has 0 unspecified atom stereocenters. The van der Waals surface area contributed by atoms with Crippen molar-refractivity contribution < 1.29 is 9.53 Å². The first-order valence-corrected chi connectivity index (χ1v) is 6.87. The first kappa shape index (κ1) is 15.6. The largest absolute Gasteiger partial charge is 0.473 e. The molecule has 0 fully saturated rings. The van der Waals surface area contributed by atoms with Crippen molar-refractivity contribution in [3.05, 3.63) is 30.6 Å². The molecule has 0 aliphatic carbocycles. The third kappa shape index (κ3) is 4.08. The van der Waals surface area contributed by atoms with E-state index in [1.54, 1.807) is 12.1 Å². The molecule has 0 radical (unpaired) electrons. The fourth-order valence-electron chi connectivity index (χ4n) is 1.77. The topological polar surface area (TPSA) is 102 Å². The van der Waals surface area contributed by atoms with Crippen molar-refractivity contribution in [1.82, 2.24) is 9.97 Å². The molecule has 1 aromatic heterocycles. The lowest BCUT2D eigenvalue weighted by molar-refractivity contribution is -0.114. The molecule has 1 heterocycles. The number of nitrogens with two attached hydrogens (primary N) is 1. The van der Waals surface area contributed by atoms with Crippen LogP contribution in [0.5, 0.6) is 5.88 Å². The van der Waals surface area contributed by atoms with Gasteiger partial charge in [-0.2, -0.15) is 4.98 Å². The van der Waals surface area contributed by atoms with Crippen molar-refractivity contribution in [2.24, 2.45) is 0 Å². The normalized spacial score (nSPS) is 10.4. The van der Waals surface area contributed by atoms with E-state index in [4.69, 9.17) is 10.5 Å². The Morgan fingerprint density at radius 1 is 1.18 bits per heavy atom. The minimum Gasteiger partial charge on any atom is -0.473 e. The van der Waals surface area contributed by atoms with Crippen molar-refractivity contribution in [2.75, 3.05) is 16.4 Å². The van der Waals surface area contributed by atoms with Crippen molar-refractivity contribution in [1.29, 1.82) is 0 Å². The second-order valence-corrected chi connectivity index (χ2v) is 4.99. The number of nitrogens with zero attached hydrogens (tertiary/aromatic N) is 2. The predicted molar refractivity (Wildman–Crippen MR) is 86.2 cm³/mol. The van der Waals surface area contributed by atoms with Crippen molar-refractivity contribution in [2.45, 2.75) is 26.9 Å². The van der Waals surface area contributed by atoms with Crippen molar-refractivity contribution in [3.8, 4) is 5.88 Å². The van der Waals surface area contributed by atoms with Gasteiger partial charge in [0.15, 0.2) is 5.82 Å². The van der Waals surface area contributed by atoms with E-state index in [2.05, 4.69) is 20.6 Å². The SMILES string of the molecule is CC(=O)Nc1ccc(Nc2ncnc(OC(C)C)c2N)cc1. The molecule has 2 rings (SSSR count). The third-order valence-electron chi connectivity index (χ3n) is 2.66. The average molecular weight is 301 g/mol. The number of nitrogens with one attached hydrogen (secondary N) is 2. The lowest BCUT2D eigenvalue weighted by Crippen LogP contribution is -2.11. The molecule has 116 valence electrons. The zero-order valence-corrected chi connectivity index (χ0v) is 12.8. The molecular formula is C15H19N5O2. The fourth-order valence-corrected chi connectivity index (χ4v) is 1.77. The molecular weight excluding hydrogens is 282 g/mol. The standard InChI is InChI=1S/C15H19N5O2/c1-9(2)22-15-13(16)14(17-8-18-15)20-12-6-4-11(5-7-12)19-10(3)21/h4-9H,16H2,1-3H3,(H,19,21)(H,17,18,20). The van der Waals surface area contributed by atoms with E-state index in [1.165, 1.54) is 13.3 Å². The Kier molecular flexibility index (Phi) is 4.77. The molecule has 22 heavy (non-hydrogen) atoms. The maximum Gasteiger partial charge on any atom is 0.242 e. The summed E-state index contributed by atoms with van der Waals surface area (Å²) in [5, 5.41) is 5.80. The molecule has 0 bridgehead atoms. The van der Waals surface area contributed by atoms with Gasteiger partial charge in [0.1, 0.15) is 12.0 Å². The van der Waals surface area contributed by atoms with E-state index >= 15 is 0 Å². The highest BCUT2D eigenvalue weighted by Gasteiger charge is 2.10. The van der Waals surface area contributed by atoms with Crippen LogP contribution in [0.4, 0.5) is 22.9 Å². The van der Waals surface area contributed by atoms with Gasteiger partial charge >= 0.3 is 0 Å². The molecule has 0 saturated carbocycles. The Morgan fingerprint density at radius 3 is 2.41 bits per heavy atom. The number of carbonyl (C=O) groups is 1. The van der Waals surface area contributed by atoms with Gasteiger partial charge < -0.3 is 21.1 Å². The Bertz CT molecular complexity index is 655. The molecule has 2 aromatic rings. The van der Waals surface area contributed by atoms with Gasteiger partial charge in [0.05, 0.1) is 6.10 Å². The number of nitrogen functional groups attached to an aromatic ring is 1. The molecule has 1 aromatic carbocycles. The van der Waals surface area contributed by atoms with Gasteiger partial charge in [0.25, 0.3) is 0 Å². The smallest absolute Gasteiger partial charge is 0.242 e. The highest BCUT2D eigenvalue weighted by atomic mass is 16.5. The molecule has 7 heteroatoms. The number of rotatable bonds is 5. The first-order valence-electron chi connectivity index (χ1n) is 6.87. The van der Waals surface area contributed by atoms with E-state index in [9.17, 15) is 4.79 Å². The summed E-state index contributed by atoms with van der Waals surface area (Å²) in [5.41, 5.74) is 7.86. The maximum atomic E-state index is 11.0. The number of benzene rings is 1. The molecule has 7 nitrogen and oxygen atoms in total.